The number of halogens is 5. The van der Waals surface area contributed by atoms with Gasteiger partial charge in [0, 0.05) is 30.0 Å². The number of alkyl halides is 3. The predicted molar refractivity (Wildman–Crippen MR) is 103 cm³/mol. The third kappa shape index (κ3) is 4.53. The lowest BCUT2D eigenvalue weighted by Crippen LogP contribution is -2.12. The highest BCUT2D eigenvalue weighted by molar-refractivity contribution is 6.08. The molecule has 0 fully saturated rings. The Morgan fingerprint density at radius 3 is 2.69 bits per heavy atom. The number of aromatic nitrogens is 4. The molecule has 4 aromatic rings. The van der Waals surface area contributed by atoms with Crippen molar-refractivity contribution in [1.29, 1.82) is 0 Å². The molecule has 0 aliphatic rings. The van der Waals surface area contributed by atoms with E-state index in [-0.39, 0.29) is 30.2 Å². The van der Waals surface area contributed by atoms with E-state index in [0.29, 0.717) is 17.1 Å². The van der Waals surface area contributed by atoms with Crippen molar-refractivity contribution in [2.45, 2.75) is 12.7 Å². The smallest absolute Gasteiger partial charge is 0.418 e. The molecule has 0 bridgehead atoms. The van der Waals surface area contributed by atoms with Gasteiger partial charge in [-0.25, -0.2) is 8.78 Å². The molecule has 12 heteroatoms. The first-order valence-electron chi connectivity index (χ1n) is 9.15. The molecule has 1 aromatic carbocycles. The Balaban J connectivity index is 1.37. The minimum Gasteiger partial charge on any atom is -0.490 e. The molecule has 0 radical (unpaired) electrons. The van der Waals surface area contributed by atoms with Crippen molar-refractivity contribution in [1.82, 2.24) is 19.7 Å². The van der Waals surface area contributed by atoms with Crippen LogP contribution >= 0.6 is 0 Å². The molecular formula is C20H14F5N5O2. The van der Waals surface area contributed by atoms with E-state index in [1.54, 1.807) is 0 Å². The highest BCUT2D eigenvalue weighted by atomic mass is 19.4. The SMILES string of the molecule is O=C(Nc1c[nH]c2cc(F)c(F)cc12)c1cnn(CCOc2cncc(C(F)(F)F)c2)c1. The van der Waals surface area contributed by atoms with Crippen molar-refractivity contribution < 1.29 is 31.5 Å². The average molecular weight is 451 g/mol. The Hall–Kier alpha value is -3.96. The lowest BCUT2D eigenvalue weighted by molar-refractivity contribution is -0.138. The van der Waals surface area contributed by atoms with Gasteiger partial charge in [0.25, 0.3) is 5.91 Å². The monoisotopic (exact) mass is 451 g/mol. The van der Waals surface area contributed by atoms with E-state index >= 15 is 0 Å². The molecule has 1 amide bonds. The van der Waals surface area contributed by atoms with Crippen LogP contribution < -0.4 is 10.1 Å². The number of ether oxygens (including phenoxy) is 1. The zero-order valence-corrected chi connectivity index (χ0v) is 16.1. The molecule has 3 heterocycles. The highest BCUT2D eigenvalue weighted by Crippen LogP contribution is 2.30. The van der Waals surface area contributed by atoms with Gasteiger partial charge in [0.2, 0.25) is 0 Å². The standard InChI is InChI=1S/C20H14F5N5O2/c21-15-4-14-17(5-16(15)22)27-9-18(14)29-19(31)11-6-28-30(10-11)1-2-32-13-3-12(7-26-8-13)20(23,24)25/h3-10,27H,1-2H2,(H,29,31). The summed E-state index contributed by atoms with van der Waals surface area (Å²) < 4.78 is 71.6. The molecule has 166 valence electrons. The lowest BCUT2D eigenvalue weighted by atomic mass is 10.2. The van der Waals surface area contributed by atoms with Crippen LogP contribution in [0.3, 0.4) is 0 Å². The van der Waals surface area contributed by atoms with E-state index in [9.17, 15) is 26.7 Å². The number of pyridine rings is 1. The molecule has 0 aliphatic carbocycles. The largest absolute Gasteiger partial charge is 0.490 e. The summed E-state index contributed by atoms with van der Waals surface area (Å²) in [6.45, 7) is 0.139. The Morgan fingerprint density at radius 1 is 1.12 bits per heavy atom. The van der Waals surface area contributed by atoms with E-state index < -0.39 is 29.3 Å². The number of hydrogen-bond acceptors (Lipinski definition) is 4. The van der Waals surface area contributed by atoms with Gasteiger partial charge in [-0.2, -0.15) is 18.3 Å². The summed E-state index contributed by atoms with van der Waals surface area (Å²) in [6, 6.07) is 2.79. The van der Waals surface area contributed by atoms with Crippen LogP contribution in [-0.4, -0.2) is 32.3 Å². The molecule has 0 aliphatic heterocycles. The molecule has 0 spiro atoms. The first-order chi connectivity index (χ1) is 15.2. The lowest BCUT2D eigenvalue weighted by Gasteiger charge is -2.09. The maximum absolute atomic E-state index is 13.5. The summed E-state index contributed by atoms with van der Waals surface area (Å²) in [6.07, 6.45) is 1.44. The number of carbonyl (C=O) groups excluding carboxylic acids is 1. The van der Waals surface area contributed by atoms with Gasteiger partial charge < -0.3 is 15.0 Å². The summed E-state index contributed by atoms with van der Waals surface area (Å²) >= 11 is 0. The van der Waals surface area contributed by atoms with Crippen LogP contribution in [0.1, 0.15) is 15.9 Å². The fourth-order valence-corrected chi connectivity index (χ4v) is 2.93. The van der Waals surface area contributed by atoms with Crippen molar-refractivity contribution in [3.8, 4) is 5.75 Å². The van der Waals surface area contributed by atoms with Gasteiger partial charge in [-0.15, -0.1) is 0 Å². The van der Waals surface area contributed by atoms with E-state index in [0.717, 1.165) is 24.4 Å². The number of benzene rings is 1. The second-order valence-electron chi connectivity index (χ2n) is 6.72. The van der Waals surface area contributed by atoms with Crippen LogP contribution in [0.2, 0.25) is 0 Å². The summed E-state index contributed by atoms with van der Waals surface area (Å²) in [5.41, 5.74) is -0.163. The van der Waals surface area contributed by atoms with Crippen LogP contribution in [0.4, 0.5) is 27.6 Å². The molecule has 0 saturated carbocycles. The topological polar surface area (TPSA) is 84.8 Å². The van der Waals surface area contributed by atoms with Crippen LogP contribution in [0.25, 0.3) is 10.9 Å². The Bertz CT molecular complexity index is 1280. The van der Waals surface area contributed by atoms with Crippen molar-refractivity contribution >= 4 is 22.5 Å². The van der Waals surface area contributed by atoms with E-state index in [4.69, 9.17) is 4.74 Å². The molecule has 7 nitrogen and oxygen atoms in total. The second kappa shape index (κ2) is 8.29. The molecule has 3 aromatic heterocycles. The third-order valence-electron chi connectivity index (χ3n) is 4.50. The zero-order chi connectivity index (χ0) is 22.9. The summed E-state index contributed by atoms with van der Waals surface area (Å²) in [4.78, 5) is 18.7. The Kier molecular flexibility index (Phi) is 5.51. The first-order valence-corrected chi connectivity index (χ1v) is 9.15. The Morgan fingerprint density at radius 2 is 1.91 bits per heavy atom. The number of hydrogen-bond donors (Lipinski definition) is 2. The van der Waals surface area contributed by atoms with Crippen molar-refractivity contribution in [3.63, 3.8) is 0 Å². The van der Waals surface area contributed by atoms with Crippen LogP contribution in [0.15, 0.2) is 49.2 Å². The minimum absolute atomic E-state index is 0.0149. The van der Waals surface area contributed by atoms with Gasteiger partial charge in [0.15, 0.2) is 11.6 Å². The van der Waals surface area contributed by atoms with E-state index in [1.807, 2.05) is 0 Å². The summed E-state index contributed by atoms with van der Waals surface area (Å²) in [5, 5.41) is 6.89. The van der Waals surface area contributed by atoms with E-state index in [2.05, 4.69) is 20.4 Å². The number of nitrogens with zero attached hydrogens (tertiary/aromatic N) is 3. The van der Waals surface area contributed by atoms with Gasteiger partial charge in [-0.3, -0.25) is 14.5 Å². The van der Waals surface area contributed by atoms with Gasteiger partial charge in [0.05, 0.1) is 41.3 Å². The number of aromatic amines is 1. The molecule has 0 saturated heterocycles. The molecule has 0 unspecified atom stereocenters. The number of rotatable bonds is 6. The highest BCUT2D eigenvalue weighted by Gasteiger charge is 2.31. The number of anilines is 1. The number of H-pyrrole nitrogens is 1. The quantitative estimate of drug-likeness (QED) is 0.426. The number of amides is 1. The molecule has 0 atom stereocenters. The normalized spacial score (nSPS) is 11.7. The maximum atomic E-state index is 13.5. The van der Waals surface area contributed by atoms with Gasteiger partial charge in [0.1, 0.15) is 12.4 Å². The van der Waals surface area contributed by atoms with Crippen LogP contribution in [-0.2, 0) is 12.7 Å². The average Bonchev–Trinajstić information content (AvgIpc) is 3.36. The maximum Gasteiger partial charge on any atom is 0.418 e. The van der Waals surface area contributed by atoms with Crippen molar-refractivity contribution in [2.24, 2.45) is 0 Å². The number of fused-ring (bicyclic) bond motifs is 1. The van der Waals surface area contributed by atoms with Gasteiger partial charge >= 0.3 is 6.18 Å². The second-order valence-corrected chi connectivity index (χ2v) is 6.72. The first kappa shape index (κ1) is 21.3. The molecular weight excluding hydrogens is 437 g/mol. The fourth-order valence-electron chi connectivity index (χ4n) is 2.93. The molecule has 32 heavy (non-hydrogen) atoms. The van der Waals surface area contributed by atoms with Gasteiger partial charge in [-0.05, 0) is 12.1 Å². The number of nitrogens with one attached hydrogen (secondary N) is 2. The number of carbonyl (C=O) groups is 1. The molecule has 4 rings (SSSR count). The van der Waals surface area contributed by atoms with E-state index in [1.165, 1.54) is 23.3 Å². The zero-order valence-electron chi connectivity index (χ0n) is 16.1. The fraction of sp³-hybridized carbons (Fsp3) is 0.150. The van der Waals surface area contributed by atoms with Crippen LogP contribution in [0, 0.1) is 11.6 Å². The summed E-state index contributed by atoms with van der Waals surface area (Å²) in [5.74, 6) is -2.64. The summed E-state index contributed by atoms with van der Waals surface area (Å²) in [7, 11) is 0. The van der Waals surface area contributed by atoms with Crippen LogP contribution in [0.5, 0.6) is 5.75 Å². The minimum atomic E-state index is -4.53. The van der Waals surface area contributed by atoms with Gasteiger partial charge in [-0.1, -0.05) is 0 Å². The van der Waals surface area contributed by atoms with Crippen molar-refractivity contribution in [3.05, 3.63) is 71.9 Å². The molecule has 2 N–H and O–H groups in total. The van der Waals surface area contributed by atoms with Crippen molar-refractivity contribution in [2.75, 3.05) is 11.9 Å². The Labute approximate surface area is 176 Å². The predicted octanol–water partition coefficient (Wildman–Crippen LogP) is 4.39. The third-order valence-corrected chi connectivity index (χ3v) is 4.50.